The van der Waals surface area contributed by atoms with Crippen molar-refractivity contribution in [2.45, 2.75) is 44.1 Å². The summed E-state index contributed by atoms with van der Waals surface area (Å²) in [4.78, 5) is 21.4. The lowest BCUT2D eigenvalue weighted by Gasteiger charge is -2.23. The molecule has 1 rings (SSSR count). The number of nitrogens with two attached hydrogens (primary N) is 1. The minimum Gasteiger partial charge on any atom is -0.319 e. The minimum atomic E-state index is -0.835. The summed E-state index contributed by atoms with van der Waals surface area (Å²) in [5, 5.41) is 0. The highest BCUT2D eigenvalue weighted by Gasteiger charge is 2.33. The monoisotopic (exact) mass is 169 g/mol. The third kappa shape index (κ3) is 1.91. The topological polar surface area (TPSA) is 60.2 Å². The number of ketones is 1. The van der Waals surface area contributed by atoms with Gasteiger partial charge < -0.3 is 5.73 Å². The molecule has 1 aliphatic carbocycles. The average molecular weight is 169 g/mol. The molecule has 0 atom stereocenters. The van der Waals surface area contributed by atoms with Crippen molar-refractivity contribution in [2.24, 2.45) is 5.73 Å². The van der Waals surface area contributed by atoms with Crippen LogP contribution in [0.2, 0.25) is 0 Å². The molecule has 1 fully saturated rings. The molecule has 0 spiro atoms. The van der Waals surface area contributed by atoms with Crippen molar-refractivity contribution in [1.82, 2.24) is 0 Å². The molecular formula is C9H15NO2. The molecule has 0 aliphatic heterocycles. The van der Waals surface area contributed by atoms with E-state index in [2.05, 4.69) is 0 Å². The Bertz CT molecular complexity index is 181. The molecular weight excluding hydrogens is 154 g/mol. The van der Waals surface area contributed by atoms with Crippen molar-refractivity contribution >= 4 is 12.1 Å². The molecule has 3 heteroatoms. The van der Waals surface area contributed by atoms with Crippen molar-refractivity contribution in [3.63, 3.8) is 0 Å². The van der Waals surface area contributed by atoms with Crippen LogP contribution < -0.4 is 5.73 Å². The Morgan fingerprint density at radius 3 is 2.08 bits per heavy atom. The molecule has 2 N–H and O–H groups in total. The fourth-order valence-corrected chi connectivity index (χ4v) is 1.72. The molecule has 0 aromatic rings. The molecule has 0 amide bonds. The smallest absolute Gasteiger partial charge is 0.214 e. The van der Waals surface area contributed by atoms with E-state index in [0.29, 0.717) is 19.1 Å². The van der Waals surface area contributed by atoms with E-state index in [9.17, 15) is 9.59 Å². The second kappa shape index (κ2) is 3.81. The molecule has 0 aromatic heterocycles. The molecule has 0 unspecified atom stereocenters. The standard InChI is InChI=1S/C9H15NO2/c10-9(8(12)7-11)5-3-1-2-4-6-9/h7H,1-6,10H2. The first kappa shape index (κ1) is 9.39. The average Bonchev–Trinajstić information content (AvgIpc) is 2.29. The van der Waals surface area contributed by atoms with E-state index < -0.39 is 11.3 Å². The van der Waals surface area contributed by atoms with Crippen molar-refractivity contribution in [3.05, 3.63) is 0 Å². The Hall–Kier alpha value is -0.700. The minimum absolute atomic E-state index is 0.366. The molecule has 0 aromatic carbocycles. The van der Waals surface area contributed by atoms with Crippen molar-refractivity contribution in [3.8, 4) is 0 Å². The quantitative estimate of drug-likeness (QED) is 0.378. The number of aldehydes is 1. The highest BCUT2D eigenvalue weighted by atomic mass is 16.2. The number of carbonyl (C=O) groups excluding carboxylic acids is 2. The van der Waals surface area contributed by atoms with E-state index in [1.165, 1.54) is 0 Å². The van der Waals surface area contributed by atoms with Gasteiger partial charge >= 0.3 is 0 Å². The summed E-state index contributed by atoms with van der Waals surface area (Å²) in [7, 11) is 0. The largest absolute Gasteiger partial charge is 0.319 e. The van der Waals surface area contributed by atoms with E-state index in [1.54, 1.807) is 0 Å². The Labute approximate surface area is 72.3 Å². The van der Waals surface area contributed by atoms with E-state index in [1.807, 2.05) is 0 Å². The van der Waals surface area contributed by atoms with Gasteiger partial charge in [0, 0.05) is 0 Å². The van der Waals surface area contributed by atoms with Crippen LogP contribution in [0.3, 0.4) is 0 Å². The zero-order chi connectivity index (χ0) is 9.03. The molecule has 0 saturated heterocycles. The number of Topliss-reactive ketones (excluding diaryl/α,β-unsaturated/α-hetero) is 1. The molecule has 1 saturated carbocycles. The summed E-state index contributed by atoms with van der Waals surface area (Å²) in [6.07, 6.45) is 5.91. The van der Waals surface area contributed by atoms with Crippen molar-refractivity contribution < 1.29 is 9.59 Å². The summed E-state index contributed by atoms with van der Waals surface area (Å²) in [6.45, 7) is 0. The number of hydrogen-bond acceptors (Lipinski definition) is 3. The third-order valence-electron chi connectivity index (χ3n) is 2.59. The zero-order valence-corrected chi connectivity index (χ0v) is 7.21. The van der Waals surface area contributed by atoms with Gasteiger partial charge in [-0.3, -0.25) is 9.59 Å². The maximum Gasteiger partial charge on any atom is 0.214 e. The first-order valence-electron chi connectivity index (χ1n) is 4.47. The maximum atomic E-state index is 11.1. The predicted molar refractivity (Wildman–Crippen MR) is 45.7 cm³/mol. The highest BCUT2D eigenvalue weighted by molar-refractivity contribution is 6.29. The van der Waals surface area contributed by atoms with Gasteiger partial charge in [0.05, 0.1) is 5.54 Å². The lowest BCUT2D eigenvalue weighted by Crippen LogP contribution is -2.48. The second-order valence-electron chi connectivity index (χ2n) is 3.55. The number of hydrogen-bond donors (Lipinski definition) is 1. The van der Waals surface area contributed by atoms with Gasteiger partial charge in [0.15, 0.2) is 6.29 Å². The van der Waals surface area contributed by atoms with Gasteiger partial charge in [-0.2, -0.15) is 0 Å². The molecule has 68 valence electrons. The molecule has 0 heterocycles. The Morgan fingerprint density at radius 2 is 1.67 bits per heavy atom. The van der Waals surface area contributed by atoms with Crippen LogP contribution in [-0.4, -0.2) is 17.6 Å². The van der Waals surface area contributed by atoms with Crippen LogP contribution in [0.1, 0.15) is 38.5 Å². The number of carbonyl (C=O) groups is 2. The summed E-state index contributed by atoms with van der Waals surface area (Å²) < 4.78 is 0. The van der Waals surface area contributed by atoms with Crippen LogP contribution in [0, 0.1) is 0 Å². The van der Waals surface area contributed by atoms with Gasteiger partial charge in [-0.15, -0.1) is 0 Å². The molecule has 3 nitrogen and oxygen atoms in total. The predicted octanol–water partition coefficient (Wildman–Crippen LogP) is 0.806. The van der Waals surface area contributed by atoms with E-state index in [-0.39, 0.29) is 0 Å². The van der Waals surface area contributed by atoms with Crippen LogP contribution in [0.5, 0.6) is 0 Å². The fourth-order valence-electron chi connectivity index (χ4n) is 1.72. The third-order valence-corrected chi connectivity index (χ3v) is 2.59. The molecule has 0 radical (unpaired) electrons. The zero-order valence-electron chi connectivity index (χ0n) is 7.21. The summed E-state index contributed by atoms with van der Waals surface area (Å²) >= 11 is 0. The fraction of sp³-hybridized carbons (Fsp3) is 0.778. The highest BCUT2D eigenvalue weighted by Crippen LogP contribution is 2.24. The Morgan fingerprint density at radius 1 is 1.17 bits per heavy atom. The summed E-state index contributed by atoms with van der Waals surface area (Å²) in [5.41, 5.74) is 5.00. The van der Waals surface area contributed by atoms with Crippen LogP contribution in [0.4, 0.5) is 0 Å². The van der Waals surface area contributed by atoms with Crippen LogP contribution >= 0.6 is 0 Å². The Kier molecular flexibility index (Phi) is 2.98. The first-order chi connectivity index (χ1) is 5.69. The van der Waals surface area contributed by atoms with Gasteiger partial charge in [0.1, 0.15) is 0 Å². The SMILES string of the molecule is NC1(C(=O)C=O)CCCCCC1. The lowest BCUT2D eigenvalue weighted by atomic mass is 9.87. The molecule has 1 aliphatic rings. The van der Waals surface area contributed by atoms with Crippen LogP contribution in [-0.2, 0) is 9.59 Å². The molecule has 0 bridgehead atoms. The van der Waals surface area contributed by atoms with E-state index in [0.717, 1.165) is 25.7 Å². The molecule has 12 heavy (non-hydrogen) atoms. The first-order valence-corrected chi connectivity index (χ1v) is 4.47. The number of rotatable bonds is 2. The van der Waals surface area contributed by atoms with Gasteiger partial charge in [0.2, 0.25) is 5.78 Å². The van der Waals surface area contributed by atoms with Gasteiger partial charge in [-0.1, -0.05) is 25.7 Å². The van der Waals surface area contributed by atoms with Gasteiger partial charge in [-0.25, -0.2) is 0 Å². The summed E-state index contributed by atoms with van der Waals surface area (Å²) in [5.74, 6) is -0.426. The maximum absolute atomic E-state index is 11.1. The van der Waals surface area contributed by atoms with E-state index in [4.69, 9.17) is 5.73 Å². The lowest BCUT2D eigenvalue weighted by molar-refractivity contribution is -0.133. The van der Waals surface area contributed by atoms with Crippen molar-refractivity contribution in [1.29, 1.82) is 0 Å². The van der Waals surface area contributed by atoms with Crippen LogP contribution in [0.15, 0.2) is 0 Å². The Balaban J connectivity index is 2.65. The second-order valence-corrected chi connectivity index (χ2v) is 3.55. The van der Waals surface area contributed by atoms with Gasteiger partial charge in [0.25, 0.3) is 0 Å². The van der Waals surface area contributed by atoms with E-state index >= 15 is 0 Å². The van der Waals surface area contributed by atoms with Gasteiger partial charge in [-0.05, 0) is 12.8 Å². The summed E-state index contributed by atoms with van der Waals surface area (Å²) in [6, 6.07) is 0. The normalized spacial score (nSPS) is 22.8. The van der Waals surface area contributed by atoms with Crippen LogP contribution in [0.25, 0.3) is 0 Å². The van der Waals surface area contributed by atoms with Crippen molar-refractivity contribution in [2.75, 3.05) is 0 Å².